The van der Waals surface area contributed by atoms with Gasteiger partial charge < -0.3 is 15.1 Å². The van der Waals surface area contributed by atoms with Crippen LogP contribution < -0.4 is 5.32 Å². The van der Waals surface area contributed by atoms with Gasteiger partial charge in [-0.2, -0.15) is 0 Å². The standard InChI is InChI=1S/C18H26N4OS/c23-17(21-8-4-5-9-21)15-20-10-12-22(13-11-20)18(24)19-14-16-6-2-1-3-7-16/h1-3,6-7H,4-5,8-15H2,(H,19,24). The van der Waals surface area contributed by atoms with Crippen LogP contribution in [0.15, 0.2) is 30.3 Å². The number of nitrogens with zero attached hydrogens (tertiary/aromatic N) is 3. The third-order valence-corrected chi connectivity index (χ3v) is 5.17. The van der Waals surface area contributed by atoms with Crippen molar-refractivity contribution in [3.05, 3.63) is 35.9 Å². The molecule has 24 heavy (non-hydrogen) atoms. The van der Waals surface area contributed by atoms with E-state index in [2.05, 4.69) is 27.2 Å². The van der Waals surface area contributed by atoms with Gasteiger partial charge in [-0.05, 0) is 30.6 Å². The Morgan fingerprint density at radius 3 is 2.29 bits per heavy atom. The maximum Gasteiger partial charge on any atom is 0.236 e. The summed E-state index contributed by atoms with van der Waals surface area (Å²) in [5, 5.41) is 4.14. The van der Waals surface area contributed by atoms with Gasteiger partial charge in [0.25, 0.3) is 0 Å². The summed E-state index contributed by atoms with van der Waals surface area (Å²) in [6.07, 6.45) is 2.31. The normalized spacial score (nSPS) is 18.7. The molecular formula is C18H26N4OS. The molecule has 130 valence electrons. The molecule has 3 rings (SSSR count). The number of carbonyl (C=O) groups is 1. The Bertz CT molecular complexity index is 551. The molecule has 0 unspecified atom stereocenters. The minimum atomic E-state index is 0.283. The van der Waals surface area contributed by atoms with Crippen molar-refractivity contribution in [1.82, 2.24) is 20.0 Å². The number of hydrogen-bond acceptors (Lipinski definition) is 3. The Morgan fingerprint density at radius 2 is 1.62 bits per heavy atom. The van der Waals surface area contributed by atoms with Crippen LogP contribution in [0.3, 0.4) is 0 Å². The molecule has 0 atom stereocenters. The second-order valence-corrected chi connectivity index (χ2v) is 6.88. The van der Waals surface area contributed by atoms with Crippen molar-refractivity contribution < 1.29 is 4.79 Å². The van der Waals surface area contributed by atoms with Crippen molar-refractivity contribution in [2.24, 2.45) is 0 Å². The largest absolute Gasteiger partial charge is 0.358 e. The molecule has 1 aromatic rings. The molecule has 5 nitrogen and oxygen atoms in total. The van der Waals surface area contributed by atoms with E-state index in [9.17, 15) is 4.79 Å². The zero-order valence-electron chi connectivity index (χ0n) is 14.1. The number of piperazine rings is 1. The first-order valence-electron chi connectivity index (χ1n) is 8.79. The molecule has 2 saturated heterocycles. The number of rotatable bonds is 4. The van der Waals surface area contributed by atoms with Gasteiger partial charge in [0.05, 0.1) is 6.54 Å². The lowest BCUT2D eigenvalue weighted by atomic mass is 10.2. The Balaban J connectivity index is 1.38. The number of amides is 1. The van der Waals surface area contributed by atoms with Crippen molar-refractivity contribution in [3.63, 3.8) is 0 Å². The van der Waals surface area contributed by atoms with Crippen LogP contribution in [0.5, 0.6) is 0 Å². The summed E-state index contributed by atoms with van der Waals surface area (Å²) < 4.78 is 0. The van der Waals surface area contributed by atoms with Gasteiger partial charge in [-0.1, -0.05) is 30.3 Å². The SMILES string of the molecule is O=C(CN1CCN(C(=S)NCc2ccccc2)CC1)N1CCCC1. The second kappa shape index (κ2) is 8.44. The molecule has 0 aliphatic carbocycles. The van der Waals surface area contributed by atoms with E-state index in [0.29, 0.717) is 6.54 Å². The van der Waals surface area contributed by atoms with E-state index in [4.69, 9.17) is 12.2 Å². The van der Waals surface area contributed by atoms with E-state index < -0.39 is 0 Å². The molecule has 0 spiro atoms. The van der Waals surface area contributed by atoms with E-state index in [1.54, 1.807) is 0 Å². The van der Waals surface area contributed by atoms with Crippen LogP contribution in [0, 0.1) is 0 Å². The molecule has 2 fully saturated rings. The molecule has 1 N–H and O–H groups in total. The molecule has 6 heteroatoms. The van der Waals surface area contributed by atoms with Crippen LogP contribution in [-0.2, 0) is 11.3 Å². The molecule has 2 aliphatic heterocycles. The maximum absolute atomic E-state index is 12.2. The van der Waals surface area contributed by atoms with E-state index in [1.165, 1.54) is 5.56 Å². The van der Waals surface area contributed by atoms with E-state index in [-0.39, 0.29) is 5.91 Å². The van der Waals surface area contributed by atoms with Crippen molar-refractivity contribution in [3.8, 4) is 0 Å². The third kappa shape index (κ3) is 4.68. The van der Waals surface area contributed by atoms with Crippen molar-refractivity contribution in [2.75, 3.05) is 45.8 Å². The lowest BCUT2D eigenvalue weighted by Crippen LogP contribution is -2.53. The molecular weight excluding hydrogens is 320 g/mol. The van der Waals surface area contributed by atoms with Gasteiger partial charge in [-0.25, -0.2) is 0 Å². The number of carbonyl (C=O) groups excluding carboxylic acids is 1. The second-order valence-electron chi connectivity index (χ2n) is 6.50. The average Bonchev–Trinajstić information content (AvgIpc) is 3.16. The first-order valence-corrected chi connectivity index (χ1v) is 9.20. The highest BCUT2D eigenvalue weighted by Gasteiger charge is 2.24. The molecule has 2 heterocycles. The summed E-state index contributed by atoms with van der Waals surface area (Å²) in [6, 6.07) is 10.3. The van der Waals surface area contributed by atoms with Crippen molar-refractivity contribution >= 4 is 23.2 Å². The van der Waals surface area contributed by atoms with Gasteiger partial charge >= 0.3 is 0 Å². The molecule has 2 aliphatic rings. The molecule has 0 aromatic heterocycles. The third-order valence-electron chi connectivity index (χ3n) is 4.76. The predicted octanol–water partition coefficient (Wildman–Crippen LogP) is 1.30. The topological polar surface area (TPSA) is 38.8 Å². The van der Waals surface area contributed by atoms with Gasteiger partial charge in [0.15, 0.2) is 5.11 Å². The monoisotopic (exact) mass is 346 g/mol. The number of benzene rings is 1. The summed E-state index contributed by atoms with van der Waals surface area (Å²) in [7, 11) is 0. The minimum Gasteiger partial charge on any atom is -0.358 e. The summed E-state index contributed by atoms with van der Waals surface area (Å²) in [5.41, 5.74) is 1.23. The zero-order chi connectivity index (χ0) is 16.8. The highest BCUT2D eigenvalue weighted by molar-refractivity contribution is 7.80. The fourth-order valence-corrected chi connectivity index (χ4v) is 3.51. The Morgan fingerprint density at radius 1 is 0.958 bits per heavy atom. The van der Waals surface area contributed by atoms with E-state index >= 15 is 0 Å². The fourth-order valence-electron chi connectivity index (χ4n) is 3.25. The maximum atomic E-state index is 12.2. The lowest BCUT2D eigenvalue weighted by Gasteiger charge is -2.36. The predicted molar refractivity (Wildman–Crippen MR) is 99.7 cm³/mol. The minimum absolute atomic E-state index is 0.283. The average molecular weight is 347 g/mol. The highest BCUT2D eigenvalue weighted by Crippen LogP contribution is 2.09. The molecule has 0 radical (unpaired) electrons. The molecule has 1 aromatic carbocycles. The van der Waals surface area contributed by atoms with Gasteiger partial charge in [0, 0.05) is 45.8 Å². The molecule has 0 saturated carbocycles. The summed E-state index contributed by atoms with van der Waals surface area (Å²) in [4.78, 5) is 18.7. The van der Waals surface area contributed by atoms with Crippen LogP contribution >= 0.6 is 12.2 Å². The van der Waals surface area contributed by atoms with Crippen LogP contribution in [0.4, 0.5) is 0 Å². The summed E-state index contributed by atoms with van der Waals surface area (Å²) in [5.74, 6) is 0.283. The van der Waals surface area contributed by atoms with Crippen LogP contribution in [0.1, 0.15) is 18.4 Å². The van der Waals surface area contributed by atoms with Crippen LogP contribution in [0.25, 0.3) is 0 Å². The van der Waals surface area contributed by atoms with Crippen LogP contribution in [0.2, 0.25) is 0 Å². The summed E-state index contributed by atoms with van der Waals surface area (Å²) in [6.45, 7) is 6.74. The van der Waals surface area contributed by atoms with Crippen LogP contribution in [-0.4, -0.2) is 71.5 Å². The lowest BCUT2D eigenvalue weighted by molar-refractivity contribution is -0.131. The van der Waals surface area contributed by atoms with E-state index in [1.807, 2.05) is 23.1 Å². The summed E-state index contributed by atoms with van der Waals surface area (Å²) >= 11 is 5.51. The Hall–Kier alpha value is -1.66. The van der Waals surface area contributed by atoms with Crippen molar-refractivity contribution in [1.29, 1.82) is 0 Å². The highest BCUT2D eigenvalue weighted by atomic mass is 32.1. The van der Waals surface area contributed by atoms with Gasteiger partial charge in [0.1, 0.15) is 0 Å². The molecule has 1 amide bonds. The van der Waals surface area contributed by atoms with Gasteiger partial charge in [-0.15, -0.1) is 0 Å². The Kier molecular flexibility index (Phi) is 6.04. The first kappa shape index (κ1) is 17.2. The quantitative estimate of drug-likeness (QED) is 0.832. The Labute approximate surface area is 149 Å². The first-order chi connectivity index (χ1) is 11.7. The van der Waals surface area contributed by atoms with Crippen molar-refractivity contribution in [2.45, 2.75) is 19.4 Å². The number of likely N-dealkylation sites (tertiary alicyclic amines) is 1. The molecule has 0 bridgehead atoms. The smallest absolute Gasteiger partial charge is 0.236 e. The van der Waals surface area contributed by atoms with Gasteiger partial charge in [0.2, 0.25) is 5.91 Å². The number of thiocarbonyl (C=S) groups is 1. The van der Waals surface area contributed by atoms with Gasteiger partial charge in [-0.3, -0.25) is 9.69 Å². The van der Waals surface area contributed by atoms with E-state index in [0.717, 1.165) is 63.8 Å². The zero-order valence-corrected chi connectivity index (χ0v) is 14.9. The number of hydrogen-bond donors (Lipinski definition) is 1. The number of nitrogens with one attached hydrogen (secondary N) is 1. The fraction of sp³-hybridized carbons (Fsp3) is 0.556.